The first-order valence-corrected chi connectivity index (χ1v) is 8.71. The van der Waals surface area contributed by atoms with E-state index in [2.05, 4.69) is 10.6 Å². The van der Waals surface area contributed by atoms with E-state index < -0.39 is 24.0 Å². The van der Waals surface area contributed by atoms with Crippen LogP contribution in [0.1, 0.15) is 31.7 Å². The molecule has 1 fully saturated rings. The van der Waals surface area contributed by atoms with Gasteiger partial charge in [0.15, 0.2) is 0 Å². The van der Waals surface area contributed by atoms with E-state index in [1.807, 2.05) is 6.92 Å². The van der Waals surface area contributed by atoms with Crippen molar-refractivity contribution >= 4 is 17.9 Å². The van der Waals surface area contributed by atoms with Gasteiger partial charge in [-0.1, -0.05) is 25.5 Å². The summed E-state index contributed by atoms with van der Waals surface area (Å²) in [7, 11) is 0. The molecular weight excluding hydrogens is 341 g/mol. The topological polar surface area (TPSA) is 98.7 Å². The van der Waals surface area contributed by atoms with E-state index in [4.69, 9.17) is 5.11 Å². The lowest BCUT2D eigenvalue weighted by atomic mass is 10.1. The van der Waals surface area contributed by atoms with Crippen molar-refractivity contribution in [3.05, 3.63) is 35.6 Å². The molecule has 7 nitrogen and oxygen atoms in total. The van der Waals surface area contributed by atoms with Crippen molar-refractivity contribution in [2.24, 2.45) is 5.92 Å². The van der Waals surface area contributed by atoms with Gasteiger partial charge in [-0.15, -0.1) is 0 Å². The lowest BCUT2D eigenvalue weighted by molar-refractivity contribution is -0.141. The fourth-order valence-corrected chi connectivity index (χ4v) is 2.92. The van der Waals surface area contributed by atoms with E-state index in [1.54, 1.807) is 12.1 Å². The molecule has 26 heavy (non-hydrogen) atoms. The first kappa shape index (κ1) is 19.7. The zero-order chi connectivity index (χ0) is 19.1. The van der Waals surface area contributed by atoms with Crippen LogP contribution >= 0.6 is 0 Å². The van der Waals surface area contributed by atoms with Crippen molar-refractivity contribution in [2.75, 3.05) is 13.1 Å². The highest BCUT2D eigenvalue weighted by Gasteiger charge is 2.34. The summed E-state index contributed by atoms with van der Waals surface area (Å²) in [5.41, 5.74) is 0.740. The first-order chi connectivity index (χ1) is 12.4. The highest BCUT2D eigenvalue weighted by molar-refractivity contribution is 5.87. The van der Waals surface area contributed by atoms with Gasteiger partial charge in [0.1, 0.15) is 11.9 Å². The third-order valence-electron chi connectivity index (χ3n) is 4.40. The minimum Gasteiger partial charge on any atom is -0.481 e. The molecule has 0 saturated carbocycles. The second-order valence-corrected chi connectivity index (χ2v) is 6.40. The van der Waals surface area contributed by atoms with Crippen LogP contribution in [-0.4, -0.2) is 47.0 Å². The minimum atomic E-state index is -0.905. The second-order valence-electron chi connectivity index (χ2n) is 6.40. The molecular formula is C18H24FN3O4. The smallest absolute Gasteiger partial charge is 0.315 e. The van der Waals surface area contributed by atoms with Crippen LogP contribution in [0.3, 0.4) is 0 Å². The number of urea groups is 1. The number of halogens is 1. The Labute approximate surface area is 151 Å². The summed E-state index contributed by atoms with van der Waals surface area (Å²) in [4.78, 5) is 37.2. The number of aliphatic carboxylic acids is 1. The van der Waals surface area contributed by atoms with Crippen LogP contribution in [0.5, 0.6) is 0 Å². The molecule has 0 radical (unpaired) electrons. The molecule has 0 bridgehead atoms. The summed E-state index contributed by atoms with van der Waals surface area (Å²) in [6, 6.07) is 4.58. The maximum Gasteiger partial charge on any atom is 0.315 e. The van der Waals surface area contributed by atoms with Crippen molar-refractivity contribution in [3.8, 4) is 0 Å². The summed E-state index contributed by atoms with van der Waals surface area (Å²) in [5, 5.41) is 14.4. The molecule has 1 saturated heterocycles. The Morgan fingerprint density at radius 2 is 2.00 bits per heavy atom. The Morgan fingerprint density at radius 1 is 1.31 bits per heavy atom. The quantitative estimate of drug-likeness (QED) is 0.685. The van der Waals surface area contributed by atoms with Gasteiger partial charge in [0.2, 0.25) is 5.91 Å². The Hall–Kier alpha value is -2.64. The first-order valence-electron chi connectivity index (χ1n) is 8.71. The average Bonchev–Trinajstić information content (AvgIpc) is 3.10. The number of nitrogens with one attached hydrogen (secondary N) is 2. The number of rotatable bonds is 7. The van der Waals surface area contributed by atoms with E-state index in [0.717, 1.165) is 5.56 Å². The predicted molar refractivity (Wildman–Crippen MR) is 92.8 cm³/mol. The van der Waals surface area contributed by atoms with Gasteiger partial charge in [-0.05, 0) is 30.5 Å². The van der Waals surface area contributed by atoms with E-state index in [9.17, 15) is 18.8 Å². The third kappa shape index (κ3) is 5.44. The van der Waals surface area contributed by atoms with Gasteiger partial charge >= 0.3 is 12.0 Å². The molecule has 142 valence electrons. The molecule has 8 heteroatoms. The van der Waals surface area contributed by atoms with Crippen LogP contribution in [0.15, 0.2) is 24.3 Å². The molecule has 2 unspecified atom stereocenters. The maximum absolute atomic E-state index is 12.9. The van der Waals surface area contributed by atoms with Crippen LogP contribution in [0, 0.1) is 11.7 Å². The van der Waals surface area contributed by atoms with Crippen LogP contribution in [0.2, 0.25) is 0 Å². The molecule has 1 aliphatic heterocycles. The fourth-order valence-electron chi connectivity index (χ4n) is 2.92. The molecule has 1 aromatic rings. The summed E-state index contributed by atoms with van der Waals surface area (Å²) < 4.78 is 12.9. The number of hydrogen-bond donors (Lipinski definition) is 3. The molecule has 1 heterocycles. The minimum absolute atomic E-state index is 0.174. The van der Waals surface area contributed by atoms with Crippen molar-refractivity contribution in [1.29, 1.82) is 0 Å². The Bertz CT molecular complexity index is 650. The average molecular weight is 365 g/mol. The Kier molecular flexibility index (Phi) is 6.94. The number of carbonyl (C=O) groups is 3. The predicted octanol–water partition coefficient (Wildman–Crippen LogP) is 1.73. The van der Waals surface area contributed by atoms with Crippen LogP contribution in [0.25, 0.3) is 0 Å². The standard InChI is InChI=1S/C18H24FN3O4/c1-2-3-15(16(23)22-9-8-13(11-22)17(24)25)21-18(26)20-10-12-4-6-14(19)7-5-12/h4-7,13,15H,2-3,8-11H2,1H3,(H,24,25)(H2,20,21,26). The number of carbonyl (C=O) groups excluding carboxylic acids is 2. The van der Waals surface area contributed by atoms with Gasteiger partial charge in [0.25, 0.3) is 0 Å². The maximum atomic E-state index is 12.9. The van der Waals surface area contributed by atoms with Crippen molar-refractivity contribution < 1.29 is 23.9 Å². The summed E-state index contributed by atoms with van der Waals surface area (Å²) in [6.45, 7) is 2.68. The number of nitrogens with zero attached hydrogens (tertiary/aromatic N) is 1. The number of benzene rings is 1. The molecule has 0 spiro atoms. The molecule has 3 N–H and O–H groups in total. The molecule has 3 amide bonds. The second kappa shape index (κ2) is 9.17. The molecule has 1 aliphatic rings. The fraction of sp³-hybridized carbons (Fsp3) is 0.500. The normalized spacial score (nSPS) is 17.6. The molecule has 0 aromatic heterocycles. The monoisotopic (exact) mass is 365 g/mol. The van der Waals surface area contributed by atoms with Crippen molar-refractivity contribution in [3.63, 3.8) is 0 Å². The van der Waals surface area contributed by atoms with Gasteiger partial charge in [-0.3, -0.25) is 9.59 Å². The zero-order valence-corrected chi connectivity index (χ0v) is 14.7. The summed E-state index contributed by atoms with van der Waals surface area (Å²) in [6.07, 6.45) is 1.60. The Balaban J connectivity index is 1.88. The van der Waals surface area contributed by atoms with Gasteiger partial charge < -0.3 is 20.6 Å². The lowest BCUT2D eigenvalue weighted by Crippen LogP contribution is -2.50. The van der Waals surface area contributed by atoms with Crippen LogP contribution in [-0.2, 0) is 16.1 Å². The van der Waals surface area contributed by atoms with Crippen molar-refractivity contribution in [1.82, 2.24) is 15.5 Å². The number of amides is 3. The number of carboxylic acid groups (broad SMARTS) is 1. The summed E-state index contributed by atoms with van der Waals surface area (Å²) in [5.74, 6) is -2.06. The molecule has 2 atom stereocenters. The van der Waals surface area contributed by atoms with Crippen LogP contribution < -0.4 is 10.6 Å². The molecule has 1 aromatic carbocycles. The number of likely N-dealkylation sites (tertiary alicyclic amines) is 1. The van der Waals surface area contributed by atoms with Gasteiger partial charge in [-0.2, -0.15) is 0 Å². The van der Waals surface area contributed by atoms with E-state index in [-0.39, 0.29) is 24.8 Å². The third-order valence-corrected chi connectivity index (χ3v) is 4.40. The Morgan fingerprint density at radius 3 is 2.58 bits per heavy atom. The van der Waals surface area contributed by atoms with Gasteiger partial charge in [0, 0.05) is 19.6 Å². The van der Waals surface area contributed by atoms with E-state index >= 15 is 0 Å². The lowest BCUT2D eigenvalue weighted by Gasteiger charge is -2.24. The highest BCUT2D eigenvalue weighted by atomic mass is 19.1. The van der Waals surface area contributed by atoms with Crippen molar-refractivity contribution in [2.45, 2.75) is 38.8 Å². The largest absolute Gasteiger partial charge is 0.481 e. The van der Waals surface area contributed by atoms with E-state index in [0.29, 0.717) is 25.8 Å². The van der Waals surface area contributed by atoms with Gasteiger partial charge in [0.05, 0.1) is 5.92 Å². The van der Waals surface area contributed by atoms with E-state index in [1.165, 1.54) is 17.0 Å². The highest BCUT2D eigenvalue weighted by Crippen LogP contribution is 2.18. The number of hydrogen-bond acceptors (Lipinski definition) is 3. The summed E-state index contributed by atoms with van der Waals surface area (Å²) >= 11 is 0. The SMILES string of the molecule is CCCC(NC(=O)NCc1ccc(F)cc1)C(=O)N1CCC(C(=O)O)C1. The number of carboxylic acids is 1. The molecule has 2 rings (SSSR count). The molecule has 0 aliphatic carbocycles. The van der Waals surface area contributed by atoms with Gasteiger partial charge in [-0.25, -0.2) is 9.18 Å². The van der Waals surface area contributed by atoms with Crippen LogP contribution in [0.4, 0.5) is 9.18 Å². The zero-order valence-electron chi connectivity index (χ0n) is 14.7.